The monoisotopic (exact) mass is 238 g/mol. The van der Waals surface area contributed by atoms with Gasteiger partial charge < -0.3 is 10.7 Å². The van der Waals surface area contributed by atoms with Gasteiger partial charge in [-0.25, -0.2) is 0 Å². The van der Waals surface area contributed by atoms with Crippen LogP contribution in [0.2, 0.25) is 0 Å². The van der Waals surface area contributed by atoms with E-state index < -0.39 is 0 Å². The summed E-state index contributed by atoms with van der Waals surface area (Å²) in [5.74, 6) is 0. The molecule has 0 amide bonds. The van der Waals surface area contributed by atoms with Gasteiger partial charge in [0.1, 0.15) is 0 Å². The molecule has 1 aromatic heterocycles. The van der Waals surface area contributed by atoms with Crippen molar-refractivity contribution in [1.29, 1.82) is 0 Å². The molecule has 0 aliphatic carbocycles. The molecule has 0 atom stereocenters. The number of fused-ring (bicyclic) bond motifs is 3. The standard InChI is InChI=1S/C16H18N2/c1-10-9-12(7-8-17)11(2)16-15(10)13-5-3-4-6-14(13)18-16/h3-6,9,18H,7-8,17H2,1-2H3. The lowest BCUT2D eigenvalue weighted by molar-refractivity contribution is 0.959. The summed E-state index contributed by atoms with van der Waals surface area (Å²) in [7, 11) is 0. The van der Waals surface area contributed by atoms with E-state index in [0.29, 0.717) is 6.54 Å². The highest BCUT2D eigenvalue weighted by atomic mass is 14.7. The van der Waals surface area contributed by atoms with Crippen LogP contribution in [0.4, 0.5) is 0 Å². The third kappa shape index (κ3) is 1.53. The summed E-state index contributed by atoms with van der Waals surface area (Å²) in [4.78, 5) is 3.55. The molecule has 1 heterocycles. The van der Waals surface area contributed by atoms with Crippen molar-refractivity contribution in [3.63, 3.8) is 0 Å². The van der Waals surface area contributed by atoms with Gasteiger partial charge in [-0.1, -0.05) is 24.3 Å². The molecule has 0 spiro atoms. The van der Waals surface area contributed by atoms with Gasteiger partial charge in [-0.3, -0.25) is 0 Å². The molecule has 0 radical (unpaired) electrons. The smallest absolute Gasteiger partial charge is 0.0500 e. The molecule has 3 aromatic rings. The summed E-state index contributed by atoms with van der Waals surface area (Å²) in [5, 5.41) is 2.66. The Kier molecular flexibility index (Phi) is 2.60. The van der Waals surface area contributed by atoms with Crippen molar-refractivity contribution in [1.82, 2.24) is 4.98 Å². The van der Waals surface area contributed by atoms with Gasteiger partial charge in [0.2, 0.25) is 0 Å². The first-order chi connectivity index (χ1) is 8.72. The minimum atomic E-state index is 0.700. The fraction of sp³-hybridized carbons (Fsp3) is 0.250. The van der Waals surface area contributed by atoms with Crippen LogP contribution in [0.15, 0.2) is 30.3 Å². The average Bonchev–Trinajstić information content (AvgIpc) is 2.76. The van der Waals surface area contributed by atoms with Crippen LogP contribution >= 0.6 is 0 Å². The van der Waals surface area contributed by atoms with E-state index in [0.717, 1.165) is 6.42 Å². The van der Waals surface area contributed by atoms with Gasteiger partial charge in [-0.2, -0.15) is 0 Å². The van der Waals surface area contributed by atoms with E-state index in [4.69, 9.17) is 5.73 Å². The molecule has 3 N–H and O–H groups in total. The summed E-state index contributed by atoms with van der Waals surface area (Å²) in [6, 6.07) is 10.8. The van der Waals surface area contributed by atoms with Crippen molar-refractivity contribution >= 4 is 21.8 Å². The number of nitrogens with one attached hydrogen (secondary N) is 1. The van der Waals surface area contributed by atoms with E-state index in [9.17, 15) is 0 Å². The van der Waals surface area contributed by atoms with E-state index >= 15 is 0 Å². The molecule has 0 fully saturated rings. The number of aromatic nitrogens is 1. The fourth-order valence-electron chi connectivity index (χ4n) is 2.85. The number of nitrogens with two attached hydrogens (primary N) is 1. The number of rotatable bonds is 2. The lowest BCUT2D eigenvalue weighted by Crippen LogP contribution is -2.04. The highest BCUT2D eigenvalue weighted by molar-refractivity contribution is 6.10. The molecule has 0 bridgehead atoms. The predicted molar refractivity (Wildman–Crippen MR) is 78.0 cm³/mol. The Balaban J connectivity index is 2.44. The number of aryl methyl sites for hydroxylation is 2. The van der Waals surface area contributed by atoms with E-state index in [1.807, 2.05) is 0 Å². The molecule has 0 unspecified atom stereocenters. The Bertz CT molecular complexity index is 723. The molecule has 0 saturated heterocycles. The van der Waals surface area contributed by atoms with Crippen LogP contribution in [0.25, 0.3) is 21.8 Å². The first-order valence-electron chi connectivity index (χ1n) is 6.42. The Morgan fingerprint density at radius 1 is 1.17 bits per heavy atom. The fourth-order valence-corrected chi connectivity index (χ4v) is 2.85. The molecule has 2 nitrogen and oxygen atoms in total. The third-order valence-corrected chi connectivity index (χ3v) is 3.76. The first kappa shape index (κ1) is 11.3. The number of benzene rings is 2. The molecule has 2 aromatic carbocycles. The summed E-state index contributed by atoms with van der Waals surface area (Å²) in [6.07, 6.45) is 0.942. The second-order valence-corrected chi connectivity index (χ2v) is 4.94. The van der Waals surface area contributed by atoms with Crippen molar-refractivity contribution in [2.75, 3.05) is 6.54 Å². The molecule has 2 heteroatoms. The van der Waals surface area contributed by atoms with E-state index in [1.165, 1.54) is 38.5 Å². The van der Waals surface area contributed by atoms with Crippen LogP contribution in [0.1, 0.15) is 16.7 Å². The molecule has 0 aliphatic rings. The van der Waals surface area contributed by atoms with Gasteiger partial charge >= 0.3 is 0 Å². The van der Waals surface area contributed by atoms with Gasteiger partial charge in [0, 0.05) is 21.8 Å². The summed E-state index contributed by atoms with van der Waals surface area (Å²) >= 11 is 0. The van der Waals surface area contributed by atoms with Crippen molar-refractivity contribution < 1.29 is 0 Å². The van der Waals surface area contributed by atoms with Crippen LogP contribution < -0.4 is 5.73 Å². The van der Waals surface area contributed by atoms with E-state index in [1.54, 1.807) is 0 Å². The third-order valence-electron chi connectivity index (χ3n) is 3.76. The first-order valence-corrected chi connectivity index (χ1v) is 6.42. The van der Waals surface area contributed by atoms with Gasteiger partial charge in [0.25, 0.3) is 0 Å². The second-order valence-electron chi connectivity index (χ2n) is 4.94. The maximum Gasteiger partial charge on any atom is 0.0500 e. The lowest BCUT2D eigenvalue weighted by Gasteiger charge is -2.08. The van der Waals surface area contributed by atoms with Gasteiger partial charge in [-0.15, -0.1) is 0 Å². The van der Waals surface area contributed by atoms with Crippen molar-refractivity contribution in [2.45, 2.75) is 20.3 Å². The second kappa shape index (κ2) is 4.14. The normalized spacial score (nSPS) is 11.5. The summed E-state index contributed by atoms with van der Waals surface area (Å²) in [5.41, 5.74) is 12.2. The molecule has 3 rings (SSSR count). The van der Waals surface area contributed by atoms with Crippen LogP contribution in [-0.4, -0.2) is 11.5 Å². The number of para-hydroxylation sites is 1. The maximum absolute atomic E-state index is 5.69. The zero-order valence-corrected chi connectivity index (χ0v) is 10.9. The molecule has 0 aliphatic heterocycles. The molecular weight excluding hydrogens is 220 g/mol. The zero-order valence-electron chi connectivity index (χ0n) is 10.9. The van der Waals surface area contributed by atoms with Crippen LogP contribution in [0.3, 0.4) is 0 Å². The van der Waals surface area contributed by atoms with E-state index in [2.05, 4.69) is 49.2 Å². The Labute approximate surface area is 107 Å². The van der Waals surface area contributed by atoms with Crippen LogP contribution in [-0.2, 0) is 6.42 Å². The Hall–Kier alpha value is -1.80. The quantitative estimate of drug-likeness (QED) is 0.705. The predicted octanol–water partition coefficient (Wildman–Crippen LogP) is 3.44. The zero-order chi connectivity index (χ0) is 12.7. The van der Waals surface area contributed by atoms with Crippen molar-refractivity contribution in [3.05, 3.63) is 47.0 Å². The van der Waals surface area contributed by atoms with Crippen LogP contribution in [0, 0.1) is 13.8 Å². The van der Waals surface area contributed by atoms with Crippen molar-refractivity contribution in [3.8, 4) is 0 Å². The molecular formula is C16H18N2. The largest absolute Gasteiger partial charge is 0.354 e. The topological polar surface area (TPSA) is 41.8 Å². The van der Waals surface area contributed by atoms with Crippen LogP contribution in [0.5, 0.6) is 0 Å². The van der Waals surface area contributed by atoms with Gasteiger partial charge in [-0.05, 0) is 49.6 Å². The maximum atomic E-state index is 5.69. The van der Waals surface area contributed by atoms with Gasteiger partial charge in [0.05, 0.1) is 0 Å². The highest BCUT2D eigenvalue weighted by Crippen LogP contribution is 2.32. The van der Waals surface area contributed by atoms with Crippen molar-refractivity contribution in [2.24, 2.45) is 5.73 Å². The molecule has 92 valence electrons. The van der Waals surface area contributed by atoms with Gasteiger partial charge in [0.15, 0.2) is 0 Å². The minimum absolute atomic E-state index is 0.700. The number of hydrogen-bond acceptors (Lipinski definition) is 1. The number of hydrogen-bond donors (Lipinski definition) is 2. The SMILES string of the molecule is Cc1c(CCN)cc(C)c2c1[nH]c1ccccc12. The average molecular weight is 238 g/mol. The molecule has 18 heavy (non-hydrogen) atoms. The minimum Gasteiger partial charge on any atom is -0.354 e. The molecule has 0 saturated carbocycles. The Morgan fingerprint density at radius 3 is 2.72 bits per heavy atom. The number of aromatic amines is 1. The van der Waals surface area contributed by atoms with E-state index in [-0.39, 0.29) is 0 Å². The lowest BCUT2D eigenvalue weighted by atomic mass is 9.97. The Morgan fingerprint density at radius 2 is 1.94 bits per heavy atom. The number of H-pyrrole nitrogens is 1. The highest BCUT2D eigenvalue weighted by Gasteiger charge is 2.11. The summed E-state index contributed by atoms with van der Waals surface area (Å²) in [6.45, 7) is 5.07. The summed E-state index contributed by atoms with van der Waals surface area (Å²) < 4.78 is 0.